The Kier molecular flexibility index (Phi) is 4.96. The van der Waals surface area contributed by atoms with Gasteiger partial charge in [-0.05, 0) is 53.4 Å². The molecule has 0 bridgehead atoms. The van der Waals surface area contributed by atoms with E-state index in [0.717, 1.165) is 18.4 Å². The normalized spacial score (nSPS) is 14.6. The lowest BCUT2D eigenvalue weighted by Crippen LogP contribution is -2.28. The number of amides is 1. The highest BCUT2D eigenvalue weighted by Crippen LogP contribution is 2.27. The van der Waals surface area contributed by atoms with Crippen molar-refractivity contribution in [1.82, 2.24) is 9.62 Å². The molecule has 1 amide bonds. The number of carbonyl (C=O) groups is 1. The second-order valence-corrected chi connectivity index (χ2v) is 8.70. The fourth-order valence-electron chi connectivity index (χ4n) is 2.28. The summed E-state index contributed by atoms with van der Waals surface area (Å²) in [6, 6.07) is 6.27. The standard InChI is InChI=1S/C16H17ClN2O3S2/c1-19(9-11-6-7-23-10-11)16(20)12-2-5-14(17)15(8-12)24(21,22)18-13-3-4-13/h2,5-8,10,13,18H,3-4,9H2,1H3. The summed E-state index contributed by atoms with van der Waals surface area (Å²) in [5, 5.41) is 4.03. The molecule has 0 radical (unpaired) electrons. The van der Waals surface area contributed by atoms with Gasteiger partial charge in [0.1, 0.15) is 4.90 Å². The number of rotatable bonds is 6. The first-order valence-corrected chi connectivity index (χ1v) is 10.3. The number of halogens is 1. The van der Waals surface area contributed by atoms with E-state index in [1.807, 2.05) is 16.8 Å². The number of hydrogen-bond donors (Lipinski definition) is 1. The van der Waals surface area contributed by atoms with Crippen LogP contribution in [-0.2, 0) is 16.6 Å². The Bertz CT molecular complexity index is 846. The summed E-state index contributed by atoms with van der Waals surface area (Å²) in [6.45, 7) is 0.466. The molecule has 1 aromatic carbocycles. The number of thiophene rings is 1. The van der Waals surface area contributed by atoms with Gasteiger partial charge in [-0.3, -0.25) is 4.79 Å². The van der Waals surface area contributed by atoms with Crippen molar-refractivity contribution < 1.29 is 13.2 Å². The van der Waals surface area contributed by atoms with Gasteiger partial charge in [0.2, 0.25) is 10.0 Å². The lowest BCUT2D eigenvalue weighted by Gasteiger charge is -2.17. The van der Waals surface area contributed by atoms with E-state index < -0.39 is 10.0 Å². The van der Waals surface area contributed by atoms with Gasteiger partial charge in [0.25, 0.3) is 5.91 Å². The zero-order valence-corrected chi connectivity index (χ0v) is 15.4. The summed E-state index contributed by atoms with van der Waals surface area (Å²) >= 11 is 7.61. The zero-order chi connectivity index (χ0) is 17.3. The van der Waals surface area contributed by atoms with E-state index in [1.165, 1.54) is 12.1 Å². The minimum absolute atomic E-state index is 0.0216. The number of sulfonamides is 1. The molecule has 1 N–H and O–H groups in total. The van der Waals surface area contributed by atoms with Crippen LogP contribution in [0.3, 0.4) is 0 Å². The third-order valence-corrected chi connectivity index (χ3v) is 6.45. The van der Waals surface area contributed by atoms with Crippen molar-refractivity contribution in [2.45, 2.75) is 30.3 Å². The molecule has 1 heterocycles. The molecule has 1 aliphatic carbocycles. The minimum Gasteiger partial charge on any atom is -0.337 e. The van der Waals surface area contributed by atoms with E-state index in [2.05, 4.69) is 4.72 Å². The molecule has 5 nitrogen and oxygen atoms in total. The van der Waals surface area contributed by atoms with Crippen LogP contribution < -0.4 is 4.72 Å². The van der Waals surface area contributed by atoms with Crippen molar-refractivity contribution in [3.05, 3.63) is 51.2 Å². The summed E-state index contributed by atoms with van der Waals surface area (Å²) in [5.74, 6) is -0.249. The molecule has 0 unspecified atom stereocenters. The Morgan fingerprint density at radius 2 is 2.12 bits per heavy atom. The highest BCUT2D eigenvalue weighted by Gasteiger charge is 2.30. The molecular weight excluding hydrogens is 368 g/mol. The molecule has 0 spiro atoms. The predicted molar refractivity (Wildman–Crippen MR) is 94.9 cm³/mol. The topological polar surface area (TPSA) is 66.5 Å². The number of nitrogens with zero attached hydrogens (tertiary/aromatic N) is 1. The zero-order valence-electron chi connectivity index (χ0n) is 13.0. The maximum Gasteiger partial charge on any atom is 0.253 e. The van der Waals surface area contributed by atoms with Gasteiger partial charge in [0.05, 0.1) is 5.02 Å². The van der Waals surface area contributed by atoms with Crippen molar-refractivity contribution in [3.8, 4) is 0 Å². The van der Waals surface area contributed by atoms with Crippen molar-refractivity contribution in [1.29, 1.82) is 0 Å². The molecule has 24 heavy (non-hydrogen) atoms. The summed E-state index contributed by atoms with van der Waals surface area (Å²) in [4.78, 5) is 14.1. The van der Waals surface area contributed by atoms with Crippen molar-refractivity contribution in [2.24, 2.45) is 0 Å². The molecule has 0 saturated heterocycles. The molecule has 0 atom stereocenters. The first-order chi connectivity index (χ1) is 11.4. The van der Waals surface area contributed by atoms with Crippen molar-refractivity contribution >= 4 is 38.9 Å². The van der Waals surface area contributed by atoms with Gasteiger partial charge >= 0.3 is 0 Å². The van der Waals surface area contributed by atoms with Crippen molar-refractivity contribution in [3.63, 3.8) is 0 Å². The Morgan fingerprint density at radius 3 is 2.75 bits per heavy atom. The monoisotopic (exact) mass is 384 g/mol. The molecule has 0 aliphatic heterocycles. The van der Waals surface area contributed by atoms with Crippen LogP contribution in [-0.4, -0.2) is 32.3 Å². The third kappa shape index (κ3) is 3.97. The SMILES string of the molecule is CN(Cc1ccsc1)C(=O)c1ccc(Cl)c(S(=O)(=O)NC2CC2)c1. The molecule has 128 valence electrons. The molecule has 1 aromatic heterocycles. The summed E-state index contributed by atoms with van der Waals surface area (Å²) < 4.78 is 27.4. The minimum atomic E-state index is -3.71. The van der Waals surface area contributed by atoms with Crippen LogP contribution in [0.5, 0.6) is 0 Å². The van der Waals surface area contributed by atoms with Gasteiger partial charge in [-0.2, -0.15) is 11.3 Å². The van der Waals surface area contributed by atoms with Crippen LogP contribution in [0.25, 0.3) is 0 Å². The van der Waals surface area contributed by atoms with Gasteiger partial charge in [-0.25, -0.2) is 13.1 Å². The van der Waals surface area contributed by atoms with Crippen molar-refractivity contribution in [2.75, 3.05) is 7.05 Å². The second-order valence-electron chi connectivity index (χ2n) is 5.83. The van der Waals surface area contributed by atoms with Gasteiger partial charge in [-0.1, -0.05) is 11.6 Å². The number of carbonyl (C=O) groups excluding carboxylic acids is 1. The number of benzene rings is 1. The first-order valence-electron chi connectivity index (χ1n) is 7.45. The smallest absolute Gasteiger partial charge is 0.253 e. The Balaban J connectivity index is 1.83. The molecular formula is C16H17ClN2O3S2. The second kappa shape index (κ2) is 6.84. The fourth-order valence-corrected chi connectivity index (χ4v) is 4.77. The fraction of sp³-hybridized carbons (Fsp3) is 0.312. The summed E-state index contributed by atoms with van der Waals surface area (Å²) in [5.41, 5.74) is 1.33. The Labute approximate surface area is 150 Å². The van der Waals surface area contributed by atoms with E-state index in [1.54, 1.807) is 29.4 Å². The highest BCUT2D eigenvalue weighted by molar-refractivity contribution is 7.89. The maximum absolute atomic E-state index is 12.6. The number of hydrogen-bond acceptors (Lipinski definition) is 4. The lowest BCUT2D eigenvalue weighted by atomic mass is 10.2. The Hall–Kier alpha value is -1.41. The average Bonchev–Trinajstić information content (AvgIpc) is 3.18. The first kappa shape index (κ1) is 17.4. The lowest BCUT2D eigenvalue weighted by molar-refractivity contribution is 0.0785. The molecule has 3 rings (SSSR count). The summed E-state index contributed by atoms with van der Waals surface area (Å²) in [6.07, 6.45) is 1.66. The van der Waals surface area contributed by atoms with Gasteiger partial charge in [-0.15, -0.1) is 0 Å². The van der Waals surface area contributed by atoms with E-state index >= 15 is 0 Å². The average molecular weight is 385 g/mol. The quantitative estimate of drug-likeness (QED) is 0.832. The van der Waals surface area contributed by atoms with Crippen LogP contribution in [0.2, 0.25) is 5.02 Å². The number of nitrogens with one attached hydrogen (secondary N) is 1. The maximum atomic E-state index is 12.6. The van der Waals surface area contributed by atoms with E-state index in [9.17, 15) is 13.2 Å². The molecule has 2 aromatic rings. The molecule has 1 saturated carbocycles. The van der Waals surface area contributed by atoms with Crippen LogP contribution >= 0.6 is 22.9 Å². The van der Waals surface area contributed by atoms with E-state index in [4.69, 9.17) is 11.6 Å². The largest absolute Gasteiger partial charge is 0.337 e. The predicted octanol–water partition coefficient (Wildman–Crippen LogP) is 3.11. The van der Waals surface area contributed by atoms with Gasteiger partial charge in [0, 0.05) is 25.2 Å². The summed E-state index contributed by atoms with van der Waals surface area (Å²) in [7, 11) is -2.02. The third-order valence-electron chi connectivity index (χ3n) is 3.71. The highest BCUT2D eigenvalue weighted by atomic mass is 35.5. The van der Waals surface area contributed by atoms with E-state index in [0.29, 0.717) is 12.1 Å². The van der Waals surface area contributed by atoms with Crippen LogP contribution in [0.4, 0.5) is 0 Å². The van der Waals surface area contributed by atoms with Crippen LogP contribution in [0.15, 0.2) is 39.9 Å². The van der Waals surface area contributed by atoms with Gasteiger partial charge in [0.15, 0.2) is 0 Å². The molecule has 1 aliphatic rings. The van der Waals surface area contributed by atoms with E-state index in [-0.39, 0.29) is 21.9 Å². The molecule has 8 heteroatoms. The molecule has 1 fully saturated rings. The van der Waals surface area contributed by atoms with Crippen LogP contribution in [0, 0.1) is 0 Å². The van der Waals surface area contributed by atoms with Gasteiger partial charge < -0.3 is 4.90 Å². The van der Waals surface area contributed by atoms with Crippen LogP contribution in [0.1, 0.15) is 28.8 Å². The Morgan fingerprint density at radius 1 is 1.38 bits per heavy atom.